The number of hydrogen-bond donors (Lipinski definition) is 0. The van der Waals surface area contributed by atoms with Crippen LogP contribution in [0.2, 0.25) is 0 Å². The number of nitriles is 1. The van der Waals surface area contributed by atoms with Crippen molar-refractivity contribution in [3.05, 3.63) is 74.1 Å². The van der Waals surface area contributed by atoms with Crippen LogP contribution in [-0.4, -0.2) is 8.42 Å². The summed E-state index contributed by atoms with van der Waals surface area (Å²) in [5.74, 6) is -0.190. The molecule has 23 heavy (non-hydrogen) atoms. The van der Waals surface area contributed by atoms with Crippen molar-refractivity contribution < 1.29 is 8.42 Å². The Labute approximate surface area is 145 Å². The summed E-state index contributed by atoms with van der Waals surface area (Å²) < 4.78 is 25.9. The fourth-order valence-electron chi connectivity index (χ4n) is 2.13. The molecule has 0 saturated carbocycles. The molecule has 0 N–H and O–H groups in total. The van der Waals surface area contributed by atoms with E-state index in [1.165, 1.54) is 6.08 Å². The van der Waals surface area contributed by atoms with Gasteiger partial charge in [-0.05, 0) is 48.7 Å². The van der Waals surface area contributed by atoms with Gasteiger partial charge in [0.1, 0.15) is 11.0 Å². The zero-order valence-electron chi connectivity index (χ0n) is 12.9. The van der Waals surface area contributed by atoms with E-state index >= 15 is 0 Å². The van der Waals surface area contributed by atoms with Crippen LogP contribution >= 0.6 is 15.9 Å². The Morgan fingerprint density at radius 3 is 2.43 bits per heavy atom. The summed E-state index contributed by atoms with van der Waals surface area (Å²) in [7, 11) is -3.68. The molecule has 0 saturated heterocycles. The minimum absolute atomic E-state index is 0.190. The largest absolute Gasteiger partial charge is 0.223 e. The number of rotatable bonds is 4. The zero-order valence-corrected chi connectivity index (χ0v) is 15.3. The fraction of sp³-hybridized carbons (Fsp3) is 0.167. The molecule has 2 aromatic carbocycles. The molecular weight excluding hydrogens is 374 g/mol. The van der Waals surface area contributed by atoms with E-state index in [0.717, 1.165) is 21.2 Å². The molecule has 3 nitrogen and oxygen atoms in total. The Balaban J connectivity index is 2.39. The summed E-state index contributed by atoms with van der Waals surface area (Å²) in [5.41, 5.74) is 3.35. The first-order valence-electron chi connectivity index (χ1n) is 6.98. The highest BCUT2D eigenvalue weighted by molar-refractivity contribution is 9.10. The van der Waals surface area contributed by atoms with Crippen LogP contribution in [0.5, 0.6) is 0 Å². The van der Waals surface area contributed by atoms with E-state index in [0.29, 0.717) is 5.56 Å². The van der Waals surface area contributed by atoms with Gasteiger partial charge in [-0.1, -0.05) is 51.8 Å². The summed E-state index contributed by atoms with van der Waals surface area (Å²) in [6, 6.07) is 14.6. The second-order valence-corrected chi connectivity index (χ2v) is 8.24. The van der Waals surface area contributed by atoms with Crippen molar-refractivity contribution in [3.8, 4) is 6.07 Å². The third kappa shape index (κ3) is 4.54. The van der Waals surface area contributed by atoms with Gasteiger partial charge in [-0.2, -0.15) is 5.26 Å². The highest BCUT2D eigenvalue weighted by atomic mass is 79.9. The Morgan fingerprint density at radius 1 is 1.17 bits per heavy atom. The molecule has 0 aliphatic rings. The number of aryl methyl sites for hydroxylation is 2. The van der Waals surface area contributed by atoms with Crippen molar-refractivity contribution >= 4 is 31.8 Å². The van der Waals surface area contributed by atoms with E-state index in [1.54, 1.807) is 24.3 Å². The molecule has 5 heteroatoms. The van der Waals surface area contributed by atoms with Gasteiger partial charge in [0.2, 0.25) is 0 Å². The lowest BCUT2D eigenvalue weighted by Gasteiger charge is -2.06. The maximum absolute atomic E-state index is 12.5. The van der Waals surface area contributed by atoms with Gasteiger partial charge in [0.15, 0.2) is 9.84 Å². The van der Waals surface area contributed by atoms with Gasteiger partial charge in [-0.15, -0.1) is 0 Å². The normalized spacial score (nSPS) is 12.0. The second kappa shape index (κ2) is 7.12. The van der Waals surface area contributed by atoms with E-state index in [-0.39, 0.29) is 10.7 Å². The van der Waals surface area contributed by atoms with Crippen molar-refractivity contribution in [2.75, 3.05) is 0 Å². The van der Waals surface area contributed by atoms with Gasteiger partial charge in [0.25, 0.3) is 0 Å². The third-order valence-corrected chi connectivity index (χ3v) is 5.56. The minimum atomic E-state index is -3.68. The summed E-state index contributed by atoms with van der Waals surface area (Å²) in [5, 5.41) is 9.30. The Morgan fingerprint density at radius 2 is 1.83 bits per heavy atom. The van der Waals surface area contributed by atoms with Crippen LogP contribution in [0.15, 0.2) is 51.8 Å². The van der Waals surface area contributed by atoms with E-state index in [9.17, 15) is 13.7 Å². The molecule has 118 valence electrons. The van der Waals surface area contributed by atoms with Crippen LogP contribution in [0, 0.1) is 25.2 Å². The van der Waals surface area contributed by atoms with Crippen molar-refractivity contribution in [3.63, 3.8) is 0 Å². The molecule has 2 rings (SSSR count). The average molecular weight is 390 g/mol. The standard InChI is InChI=1S/C18H16BrNO2S/c1-13-3-4-14(2)16(9-13)10-18(11-20)23(21,22)12-15-5-7-17(19)8-6-15/h3-10H,12H2,1-2H3/b18-10-. The molecule has 0 amide bonds. The topological polar surface area (TPSA) is 57.9 Å². The highest BCUT2D eigenvalue weighted by Gasteiger charge is 2.19. The molecule has 0 aliphatic heterocycles. The second-order valence-electron chi connectivity index (χ2n) is 5.37. The number of halogens is 1. The predicted octanol–water partition coefficient (Wildman–Crippen LogP) is 4.55. The zero-order chi connectivity index (χ0) is 17.0. The molecule has 0 spiro atoms. The predicted molar refractivity (Wildman–Crippen MR) is 96.3 cm³/mol. The van der Waals surface area contributed by atoms with Crippen LogP contribution in [-0.2, 0) is 15.6 Å². The monoisotopic (exact) mass is 389 g/mol. The lowest BCUT2D eigenvalue weighted by molar-refractivity contribution is 0.602. The van der Waals surface area contributed by atoms with Crippen LogP contribution < -0.4 is 0 Å². The third-order valence-electron chi connectivity index (χ3n) is 3.44. The maximum Gasteiger partial charge on any atom is 0.192 e. The Bertz CT molecular complexity index is 892. The SMILES string of the molecule is Cc1ccc(C)c(/C=C(/C#N)S(=O)(=O)Cc2ccc(Br)cc2)c1. The smallest absolute Gasteiger partial charge is 0.192 e. The Hall–Kier alpha value is -1.90. The average Bonchev–Trinajstić information content (AvgIpc) is 2.50. The van der Waals surface area contributed by atoms with Gasteiger partial charge in [0.05, 0.1) is 5.75 Å². The molecule has 2 aromatic rings. The Kier molecular flexibility index (Phi) is 5.40. The maximum atomic E-state index is 12.5. The van der Waals surface area contributed by atoms with E-state index in [4.69, 9.17) is 0 Å². The van der Waals surface area contributed by atoms with Gasteiger partial charge >= 0.3 is 0 Å². The van der Waals surface area contributed by atoms with Crippen LogP contribution in [0.25, 0.3) is 6.08 Å². The molecule has 0 bridgehead atoms. The summed E-state index contributed by atoms with van der Waals surface area (Å²) >= 11 is 3.31. The van der Waals surface area contributed by atoms with Crippen LogP contribution in [0.3, 0.4) is 0 Å². The number of benzene rings is 2. The van der Waals surface area contributed by atoms with Crippen LogP contribution in [0.1, 0.15) is 22.3 Å². The lowest BCUT2D eigenvalue weighted by atomic mass is 10.1. The van der Waals surface area contributed by atoms with Gasteiger partial charge in [-0.3, -0.25) is 0 Å². The first-order chi connectivity index (χ1) is 10.8. The molecule has 0 aliphatic carbocycles. The summed E-state index contributed by atoms with van der Waals surface area (Å²) in [4.78, 5) is -0.214. The van der Waals surface area contributed by atoms with Crippen molar-refractivity contribution in [1.29, 1.82) is 5.26 Å². The first kappa shape index (κ1) is 17.5. The number of nitrogens with zero attached hydrogens (tertiary/aromatic N) is 1. The lowest BCUT2D eigenvalue weighted by Crippen LogP contribution is -2.06. The van der Waals surface area contributed by atoms with Crippen molar-refractivity contribution in [1.82, 2.24) is 0 Å². The number of hydrogen-bond acceptors (Lipinski definition) is 3. The molecule has 0 atom stereocenters. The quantitative estimate of drug-likeness (QED) is 0.720. The van der Waals surface area contributed by atoms with Crippen molar-refractivity contribution in [2.24, 2.45) is 0 Å². The minimum Gasteiger partial charge on any atom is -0.223 e. The fourth-order valence-corrected chi connectivity index (χ4v) is 3.62. The number of allylic oxidation sites excluding steroid dienone is 1. The summed E-state index contributed by atoms with van der Waals surface area (Å²) in [6.45, 7) is 3.82. The van der Waals surface area contributed by atoms with Gasteiger partial charge < -0.3 is 0 Å². The first-order valence-corrected chi connectivity index (χ1v) is 9.42. The molecule has 0 fully saturated rings. The molecule has 0 radical (unpaired) electrons. The molecule has 0 unspecified atom stereocenters. The van der Waals surface area contributed by atoms with Gasteiger partial charge in [0, 0.05) is 4.47 Å². The summed E-state index contributed by atoms with van der Waals surface area (Å²) in [6.07, 6.45) is 1.45. The molecule has 0 heterocycles. The number of sulfone groups is 1. The van der Waals surface area contributed by atoms with Crippen LogP contribution in [0.4, 0.5) is 0 Å². The highest BCUT2D eigenvalue weighted by Crippen LogP contribution is 2.21. The van der Waals surface area contributed by atoms with Crippen molar-refractivity contribution in [2.45, 2.75) is 19.6 Å². The van der Waals surface area contributed by atoms with E-state index in [1.807, 2.05) is 38.1 Å². The van der Waals surface area contributed by atoms with Gasteiger partial charge in [-0.25, -0.2) is 8.42 Å². The van der Waals surface area contributed by atoms with E-state index < -0.39 is 9.84 Å². The molecular formula is C18H16BrNO2S. The molecule has 0 aromatic heterocycles. The van der Waals surface area contributed by atoms with E-state index in [2.05, 4.69) is 15.9 Å².